The van der Waals surface area contributed by atoms with Gasteiger partial charge in [0.25, 0.3) is 5.78 Å². The zero-order valence-electron chi connectivity index (χ0n) is 12.0. The van der Waals surface area contributed by atoms with E-state index in [-0.39, 0.29) is 11.3 Å². The second kappa shape index (κ2) is 7.39. The monoisotopic (exact) mass is 398 g/mol. The van der Waals surface area contributed by atoms with Crippen molar-refractivity contribution in [2.24, 2.45) is 10.2 Å². The van der Waals surface area contributed by atoms with Gasteiger partial charge in [-0.1, -0.05) is 46.3 Å². The summed E-state index contributed by atoms with van der Waals surface area (Å²) >= 11 is 3.20. The Bertz CT molecular complexity index is 785. The molecule has 24 heavy (non-hydrogen) atoms. The zero-order chi connectivity index (χ0) is 17.7. The van der Waals surface area contributed by atoms with Crippen LogP contribution in [0.3, 0.4) is 0 Å². The molecule has 2 aromatic rings. The van der Waals surface area contributed by atoms with Gasteiger partial charge in [-0.3, -0.25) is 4.79 Å². The van der Waals surface area contributed by atoms with Crippen LogP contribution in [0.5, 0.6) is 0 Å². The molecular weight excluding hydrogens is 389 g/mol. The summed E-state index contributed by atoms with van der Waals surface area (Å²) in [7, 11) is 0. The lowest BCUT2D eigenvalue weighted by Gasteiger charge is -2.08. The highest BCUT2D eigenvalue weighted by Gasteiger charge is 2.43. The number of nitrogens with zero attached hydrogens (tertiary/aromatic N) is 2. The Morgan fingerprint density at radius 2 is 1.58 bits per heavy atom. The molecule has 2 rings (SSSR count). The largest absolute Gasteiger partial charge is 0.505 e. The van der Waals surface area contributed by atoms with Gasteiger partial charge in [0, 0.05) is 10.0 Å². The molecule has 1 N–H and O–H groups in total. The molecule has 0 unspecified atom stereocenters. The minimum atomic E-state index is -5.18. The molecule has 0 amide bonds. The number of Topliss-reactive ketones (excluding diaryl/α,β-unsaturated/α-hetero) is 1. The number of azo groups is 1. The molecule has 0 bridgehead atoms. The lowest BCUT2D eigenvalue weighted by atomic mass is 10.1. The molecule has 0 heterocycles. The SMILES string of the molecule is O=C(C(N=Nc1ccc(Br)cc1)=C(O)c1ccccc1)C(F)(F)F. The molecule has 0 spiro atoms. The van der Waals surface area contributed by atoms with E-state index in [1.54, 1.807) is 18.2 Å². The van der Waals surface area contributed by atoms with Crippen molar-refractivity contribution in [3.05, 3.63) is 70.3 Å². The van der Waals surface area contributed by atoms with Crippen molar-refractivity contribution < 1.29 is 23.1 Å². The second-order valence-corrected chi connectivity index (χ2v) is 5.48. The first kappa shape index (κ1) is 17.9. The number of carbonyl (C=O) groups excluding carboxylic acids is 1. The summed E-state index contributed by atoms with van der Waals surface area (Å²) in [4.78, 5) is 11.6. The normalized spacial score (nSPS) is 13.0. The van der Waals surface area contributed by atoms with Gasteiger partial charge in [0.05, 0.1) is 5.69 Å². The number of rotatable bonds is 4. The topological polar surface area (TPSA) is 62.0 Å². The predicted octanol–water partition coefficient (Wildman–Crippen LogP) is 5.59. The Morgan fingerprint density at radius 3 is 2.12 bits per heavy atom. The number of hydrogen-bond donors (Lipinski definition) is 1. The molecule has 0 saturated carbocycles. The van der Waals surface area contributed by atoms with Crippen molar-refractivity contribution in [3.8, 4) is 0 Å². The number of alkyl halides is 3. The summed E-state index contributed by atoms with van der Waals surface area (Å²) in [5.41, 5.74) is -0.914. The standard InChI is InChI=1S/C16H10BrF3N2O2/c17-11-6-8-12(9-7-11)21-22-13(15(24)16(18,19)20)14(23)10-4-2-1-3-5-10/h1-9,23H. The predicted molar refractivity (Wildman–Crippen MR) is 85.7 cm³/mol. The third-order valence-corrected chi connectivity index (χ3v) is 3.36. The van der Waals surface area contributed by atoms with Crippen LogP contribution in [0.25, 0.3) is 5.76 Å². The van der Waals surface area contributed by atoms with Crippen LogP contribution in [-0.4, -0.2) is 17.1 Å². The van der Waals surface area contributed by atoms with Crippen LogP contribution in [0.1, 0.15) is 5.56 Å². The first-order valence-corrected chi connectivity index (χ1v) is 7.36. The third kappa shape index (κ3) is 4.51. The van der Waals surface area contributed by atoms with Gasteiger partial charge in [0.15, 0.2) is 11.5 Å². The Kier molecular flexibility index (Phi) is 5.50. The van der Waals surface area contributed by atoms with Gasteiger partial charge < -0.3 is 5.11 Å². The van der Waals surface area contributed by atoms with Gasteiger partial charge in [-0.2, -0.15) is 18.3 Å². The number of allylic oxidation sites excluding steroid dienone is 1. The molecule has 0 fully saturated rings. The van der Waals surface area contributed by atoms with Crippen molar-refractivity contribution in [3.63, 3.8) is 0 Å². The summed E-state index contributed by atoms with van der Waals surface area (Å²) in [5.74, 6) is -3.16. The van der Waals surface area contributed by atoms with Gasteiger partial charge >= 0.3 is 6.18 Å². The average Bonchev–Trinajstić information content (AvgIpc) is 2.56. The molecule has 2 aromatic carbocycles. The van der Waals surface area contributed by atoms with Crippen LogP contribution in [0.4, 0.5) is 18.9 Å². The van der Waals surface area contributed by atoms with Crippen molar-refractivity contribution in [1.29, 1.82) is 0 Å². The number of aliphatic hydroxyl groups is 1. The Morgan fingerprint density at radius 1 is 1.00 bits per heavy atom. The number of ketones is 1. The lowest BCUT2D eigenvalue weighted by molar-refractivity contribution is -0.166. The van der Waals surface area contributed by atoms with E-state index in [2.05, 4.69) is 26.2 Å². The van der Waals surface area contributed by atoms with E-state index in [1.165, 1.54) is 36.4 Å². The maximum Gasteiger partial charge on any atom is 0.456 e. The summed E-state index contributed by atoms with van der Waals surface area (Å²) in [6.07, 6.45) is -5.18. The van der Waals surface area contributed by atoms with E-state index in [1.807, 2.05) is 0 Å². The molecular formula is C16H10BrF3N2O2. The van der Waals surface area contributed by atoms with E-state index < -0.39 is 23.4 Å². The van der Waals surface area contributed by atoms with Crippen LogP contribution in [0.2, 0.25) is 0 Å². The zero-order valence-corrected chi connectivity index (χ0v) is 13.5. The Hall–Kier alpha value is -2.48. The van der Waals surface area contributed by atoms with Crippen LogP contribution < -0.4 is 0 Å². The second-order valence-electron chi connectivity index (χ2n) is 4.57. The number of benzene rings is 2. The molecule has 0 aliphatic rings. The molecule has 0 radical (unpaired) electrons. The molecule has 0 aliphatic carbocycles. The number of aliphatic hydroxyl groups excluding tert-OH is 1. The highest BCUT2D eigenvalue weighted by Crippen LogP contribution is 2.28. The van der Waals surface area contributed by atoms with Crippen LogP contribution in [0, 0.1) is 0 Å². The van der Waals surface area contributed by atoms with Crippen LogP contribution in [-0.2, 0) is 4.79 Å². The highest BCUT2D eigenvalue weighted by atomic mass is 79.9. The quantitative estimate of drug-likeness (QED) is 0.414. The van der Waals surface area contributed by atoms with Crippen molar-refractivity contribution >= 4 is 33.2 Å². The first-order chi connectivity index (χ1) is 11.3. The van der Waals surface area contributed by atoms with Gasteiger partial charge in [-0.25, -0.2) is 0 Å². The van der Waals surface area contributed by atoms with Gasteiger partial charge in [-0.05, 0) is 24.3 Å². The molecule has 8 heteroatoms. The number of hydrogen-bond acceptors (Lipinski definition) is 4. The van der Waals surface area contributed by atoms with Crippen LogP contribution in [0.15, 0.2) is 75.0 Å². The molecule has 4 nitrogen and oxygen atoms in total. The minimum Gasteiger partial charge on any atom is -0.505 e. The maximum atomic E-state index is 12.8. The van der Waals surface area contributed by atoms with Gasteiger partial charge in [0.1, 0.15) is 0 Å². The molecule has 0 saturated heterocycles. The van der Waals surface area contributed by atoms with Crippen LogP contribution >= 0.6 is 15.9 Å². The van der Waals surface area contributed by atoms with E-state index in [0.29, 0.717) is 0 Å². The lowest BCUT2D eigenvalue weighted by Crippen LogP contribution is -2.24. The summed E-state index contributed by atoms with van der Waals surface area (Å²) in [5, 5.41) is 17.0. The summed E-state index contributed by atoms with van der Waals surface area (Å²) in [6, 6.07) is 13.5. The minimum absolute atomic E-state index is 0.0276. The summed E-state index contributed by atoms with van der Waals surface area (Å²) in [6.45, 7) is 0. The van der Waals surface area contributed by atoms with E-state index in [9.17, 15) is 23.1 Å². The van der Waals surface area contributed by atoms with Gasteiger partial charge in [-0.15, -0.1) is 5.11 Å². The van der Waals surface area contributed by atoms with E-state index >= 15 is 0 Å². The third-order valence-electron chi connectivity index (χ3n) is 2.84. The fourth-order valence-corrected chi connectivity index (χ4v) is 1.95. The van der Waals surface area contributed by atoms with Crippen molar-refractivity contribution in [1.82, 2.24) is 0 Å². The Balaban J connectivity index is 2.47. The van der Waals surface area contributed by atoms with E-state index in [4.69, 9.17) is 0 Å². The molecule has 0 atom stereocenters. The summed E-state index contributed by atoms with van der Waals surface area (Å²) < 4.78 is 39.0. The number of halogens is 4. The fourth-order valence-electron chi connectivity index (χ4n) is 1.68. The van der Waals surface area contributed by atoms with Crippen molar-refractivity contribution in [2.45, 2.75) is 6.18 Å². The van der Waals surface area contributed by atoms with Gasteiger partial charge in [0.2, 0.25) is 0 Å². The smallest absolute Gasteiger partial charge is 0.456 e. The van der Waals surface area contributed by atoms with Crippen molar-refractivity contribution in [2.75, 3.05) is 0 Å². The fraction of sp³-hybridized carbons (Fsp3) is 0.0625. The molecule has 124 valence electrons. The molecule has 0 aromatic heterocycles. The first-order valence-electron chi connectivity index (χ1n) is 6.56. The highest BCUT2D eigenvalue weighted by molar-refractivity contribution is 9.10. The van der Waals surface area contributed by atoms with E-state index in [0.717, 1.165) is 4.47 Å². The number of carbonyl (C=O) groups is 1. The average molecular weight is 399 g/mol. The Labute approximate surface area is 143 Å². The maximum absolute atomic E-state index is 12.8. The molecule has 0 aliphatic heterocycles.